The smallest absolute Gasteiger partial charge is 0.253 e. The number of unbranched alkanes of at least 4 members (excludes halogenated alkanes) is 8. The van der Waals surface area contributed by atoms with Gasteiger partial charge in [0, 0.05) is 81.6 Å². The fourth-order valence-electron chi connectivity index (χ4n) is 6.74. The minimum Gasteiger partial charge on any atom is -0.387 e. The van der Waals surface area contributed by atoms with Crippen molar-refractivity contribution in [2.75, 3.05) is 59.7 Å². The standard InChI is InChI=1S/C45H78N6O7/c1-7-8-17-37(2)36-50(6)31-33-58-35-34-57-32-29-48-39(4)22-25-45(26-23-40(5)52,27-24-41(46)53)49-42(54)19-16-14-12-10-9-11-13-15-18-38(3)47-28-30-51-43(55)20-21-44(51)56/h20-21,36,47-48H,3-4,7-19,22-35H2,1-2,5-6H3,(H2,46,53)(H,49,54)/b37-36+. The van der Waals surface area contributed by atoms with Gasteiger partial charge in [0.05, 0.1) is 26.4 Å². The Labute approximate surface area is 350 Å². The average molecular weight is 815 g/mol. The molecule has 0 fully saturated rings. The second kappa shape index (κ2) is 32.0. The normalized spacial score (nSPS) is 13.7. The van der Waals surface area contributed by atoms with Gasteiger partial charge in [0.25, 0.3) is 11.8 Å². The van der Waals surface area contributed by atoms with Gasteiger partial charge in [-0.05, 0) is 77.8 Å². The summed E-state index contributed by atoms with van der Waals surface area (Å²) in [5.74, 6) is -1.02. The summed E-state index contributed by atoms with van der Waals surface area (Å²) in [6.45, 7) is 18.6. The van der Waals surface area contributed by atoms with Crippen LogP contribution >= 0.6 is 0 Å². The highest BCUT2D eigenvalue weighted by Gasteiger charge is 2.32. The van der Waals surface area contributed by atoms with Crippen molar-refractivity contribution in [1.82, 2.24) is 25.8 Å². The maximum absolute atomic E-state index is 13.2. The molecule has 0 aromatic heterocycles. The van der Waals surface area contributed by atoms with Crippen LogP contribution < -0.4 is 21.7 Å². The number of nitrogens with two attached hydrogens (primary N) is 1. The molecule has 0 saturated carbocycles. The van der Waals surface area contributed by atoms with Crippen LogP contribution in [0, 0.1) is 0 Å². The number of rotatable bonds is 39. The quantitative estimate of drug-likeness (QED) is 0.0405. The number of hydrogen-bond acceptors (Lipinski definition) is 10. The third kappa shape index (κ3) is 26.9. The van der Waals surface area contributed by atoms with E-state index in [1.165, 1.54) is 42.4 Å². The Balaban J connectivity index is 2.33. The predicted molar refractivity (Wildman–Crippen MR) is 232 cm³/mol. The summed E-state index contributed by atoms with van der Waals surface area (Å²) in [7, 11) is 2.07. The molecule has 13 nitrogen and oxygen atoms in total. The van der Waals surface area contributed by atoms with E-state index in [9.17, 15) is 24.0 Å². The number of carbonyl (C=O) groups excluding carboxylic acids is 5. The molecule has 1 aliphatic rings. The van der Waals surface area contributed by atoms with Crippen molar-refractivity contribution in [3.63, 3.8) is 0 Å². The Bertz CT molecular complexity index is 1290. The van der Waals surface area contributed by atoms with Gasteiger partial charge >= 0.3 is 0 Å². The van der Waals surface area contributed by atoms with Crippen LogP contribution in [0.25, 0.3) is 0 Å². The fraction of sp³-hybridized carbons (Fsp3) is 0.711. The van der Waals surface area contributed by atoms with Crippen molar-refractivity contribution in [1.29, 1.82) is 0 Å². The van der Waals surface area contributed by atoms with Crippen molar-refractivity contribution in [3.8, 4) is 0 Å². The zero-order valence-electron chi connectivity index (χ0n) is 36.6. The average Bonchev–Trinajstić information content (AvgIpc) is 3.50. The molecule has 1 heterocycles. The van der Waals surface area contributed by atoms with Crippen molar-refractivity contribution in [3.05, 3.63) is 48.5 Å². The van der Waals surface area contributed by atoms with E-state index in [0.717, 1.165) is 82.1 Å². The number of nitrogens with zero attached hydrogens (tertiary/aromatic N) is 2. The van der Waals surface area contributed by atoms with Gasteiger partial charge in [-0.1, -0.05) is 70.6 Å². The highest BCUT2D eigenvalue weighted by Crippen LogP contribution is 2.28. The van der Waals surface area contributed by atoms with E-state index in [1.54, 1.807) is 0 Å². The summed E-state index contributed by atoms with van der Waals surface area (Å²) < 4.78 is 11.5. The Hall–Kier alpha value is -3.97. The van der Waals surface area contributed by atoms with Crippen molar-refractivity contribution >= 4 is 29.4 Å². The van der Waals surface area contributed by atoms with E-state index in [-0.39, 0.29) is 29.9 Å². The van der Waals surface area contributed by atoms with Gasteiger partial charge in [-0.25, -0.2) is 0 Å². The molecule has 330 valence electrons. The number of amides is 4. The van der Waals surface area contributed by atoms with E-state index in [0.29, 0.717) is 84.6 Å². The maximum Gasteiger partial charge on any atom is 0.253 e. The number of primary amides is 1. The minimum absolute atomic E-state index is 0.0297. The summed E-state index contributed by atoms with van der Waals surface area (Å²) in [5.41, 5.74) is 7.91. The molecule has 13 heteroatoms. The van der Waals surface area contributed by atoms with E-state index < -0.39 is 11.4 Å². The second-order valence-corrected chi connectivity index (χ2v) is 15.8. The number of Topliss-reactive ketones (excluding diaryl/α,β-unsaturated/α-hetero) is 1. The van der Waals surface area contributed by atoms with E-state index in [1.807, 2.05) is 0 Å². The number of likely N-dealkylation sites (N-methyl/N-ethyl adjacent to an activating group) is 1. The zero-order chi connectivity index (χ0) is 43.0. The monoisotopic (exact) mass is 815 g/mol. The van der Waals surface area contributed by atoms with Gasteiger partial charge in [0.1, 0.15) is 5.78 Å². The van der Waals surface area contributed by atoms with Gasteiger partial charge in [0.2, 0.25) is 11.8 Å². The predicted octanol–water partition coefficient (Wildman–Crippen LogP) is 6.35. The van der Waals surface area contributed by atoms with E-state index in [2.05, 4.69) is 61.1 Å². The maximum atomic E-state index is 13.2. The number of ether oxygens (including phenoxy) is 2. The number of allylic oxidation sites excluding steroid dienone is 3. The zero-order valence-corrected chi connectivity index (χ0v) is 36.6. The highest BCUT2D eigenvalue weighted by molar-refractivity contribution is 6.12. The molecule has 0 aromatic rings. The SMILES string of the molecule is C=C(CCCCCCCCCCC(=O)NC(CCC(=C)NCCOCCOCCN(C)/C=C(\C)CCCC)(CCC(C)=O)CCC(N)=O)NCCN1C(=O)C=CC1=O. The van der Waals surface area contributed by atoms with Crippen molar-refractivity contribution in [2.45, 2.75) is 148 Å². The summed E-state index contributed by atoms with van der Waals surface area (Å²) in [5, 5.41) is 9.74. The third-order valence-corrected chi connectivity index (χ3v) is 10.3. The molecule has 0 spiro atoms. The second-order valence-electron chi connectivity index (χ2n) is 15.8. The molecule has 5 N–H and O–H groups in total. The first-order valence-corrected chi connectivity index (χ1v) is 21.8. The lowest BCUT2D eigenvalue weighted by Gasteiger charge is -2.35. The fourth-order valence-corrected chi connectivity index (χ4v) is 6.74. The molecule has 4 amide bonds. The van der Waals surface area contributed by atoms with Crippen LogP contribution in [0.15, 0.2) is 48.5 Å². The highest BCUT2D eigenvalue weighted by atomic mass is 16.5. The molecule has 0 aliphatic carbocycles. The molecule has 1 unspecified atom stereocenters. The lowest BCUT2D eigenvalue weighted by Crippen LogP contribution is -2.49. The van der Waals surface area contributed by atoms with Gasteiger partial charge < -0.3 is 40.9 Å². The molecule has 0 saturated heterocycles. The Morgan fingerprint density at radius 1 is 0.741 bits per heavy atom. The molecule has 1 rings (SSSR count). The van der Waals surface area contributed by atoms with Crippen LogP contribution in [0.5, 0.6) is 0 Å². The Morgan fingerprint density at radius 3 is 1.91 bits per heavy atom. The first-order valence-electron chi connectivity index (χ1n) is 21.8. The molecular formula is C45H78N6O7. The van der Waals surface area contributed by atoms with Crippen LogP contribution in [-0.4, -0.2) is 104 Å². The Morgan fingerprint density at radius 2 is 1.29 bits per heavy atom. The largest absolute Gasteiger partial charge is 0.387 e. The number of carbonyl (C=O) groups is 5. The summed E-state index contributed by atoms with van der Waals surface area (Å²) in [6, 6.07) is 0. The van der Waals surface area contributed by atoms with E-state index >= 15 is 0 Å². The van der Waals surface area contributed by atoms with Crippen LogP contribution in [0.2, 0.25) is 0 Å². The molecule has 0 radical (unpaired) electrons. The van der Waals surface area contributed by atoms with Crippen LogP contribution in [0.1, 0.15) is 143 Å². The van der Waals surface area contributed by atoms with Gasteiger partial charge in [0.15, 0.2) is 0 Å². The first kappa shape index (κ1) is 52.0. The topological polar surface area (TPSA) is 172 Å². The van der Waals surface area contributed by atoms with Crippen molar-refractivity contribution in [2.24, 2.45) is 5.73 Å². The van der Waals surface area contributed by atoms with Crippen LogP contribution in [0.4, 0.5) is 0 Å². The number of hydrogen-bond donors (Lipinski definition) is 4. The molecule has 0 aromatic carbocycles. The van der Waals surface area contributed by atoms with E-state index in [4.69, 9.17) is 15.2 Å². The lowest BCUT2D eigenvalue weighted by molar-refractivity contribution is -0.136. The molecule has 58 heavy (non-hydrogen) atoms. The first-order chi connectivity index (χ1) is 27.8. The lowest BCUT2D eigenvalue weighted by atomic mass is 9.82. The van der Waals surface area contributed by atoms with Gasteiger partial charge in [-0.3, -0.25) is 24.1 Å². The van der Waals surface area contributed by atoms with Gasteiger partial charge in [-0.15, -0.1) is 0 Å². The number of ketones is 1. The third-order valence-electron chi connectivity index (χ3n) is 10.3. The molecule has 0 bridgehead atoms. The molecular weight excluding hydrogens is 737 g/mol. The summed E-state index contributed by atoms with van der Waals surface area (Å²) in [6.07, 6.45) is 20.1. The molecule has 1 aliphatic heterocycles. The summed E-state index contributed by atoms with van der Waals surface area (Å²) >= 11 is 0. The van der Waals surface area contributed by atoms with Gasteiger partial charge in [-0.2, -0.15) is 0 Å². The number of imide groups is 1. The minimum atomic E-state index is -0.738. The van der Waals surface area contributed by atoms with Crippen LogP contribution in [0.3, 0.4) is 0 Å². The van der Waals surface area contributed by atoms with Crippen molar-refractivity contribution < 1.29 is 33.4 Å². The Kier molecular flexibility index (Phi) is 28.7. The number of nitrogens with one attached hydrogen (secondary N) is 3. The molecule has 1 atom stereocenters. The van der Waals surface area contributed by atoms with Crippen LogP contribution in [-0.2, 0) is 33.4 Å². The summed E-state index contributed by atoms with van der Waals surface area (Å²) in [4.78, 5) is 63.7.